The summed E-state index contributed by atoms with van der Waals surface area (Å²) in [6.45, 7) is 0.329. The molecule has 1 saturated carbocycles. The molecule has 1 aromatic heterocycles. The Labute approximate surface area is 116 Å². The number of amides is 1. The van der Waals surface area contributed by atoms with Crippen molar-refractivity contribution in [1.29, 1.82) is 0 Å². The van der Waals surface area contributed by atoms with Crippen LogP contribution in [0, 0.1) is 0 Å². The lowest BCUT2D eigenvalue weighted by Crippen LogP contribution is -2.40. The summed E-state index contributed by atoms with van der Waals surface area (Å²) in [7, 11) is 1.75. The molecule has 0 saturated heterocycles. The molecule has 0 aliphatic heterocycles. The molecule has 1 aromatic rings. The first-order valence-corrected chi connectivity index (χ1v) is 7.35. The van der Waals surface area contributed by atoms with Gasteiger partial charge < -0.3 is 21.1 Å². The van der Waals surface area contributed by atoms with Crippen LogP contribution in [-0.2, 0) is 0 Å². The number of hydrogen-bond acceptors (Lipinski definition) is 6. The Hall–Kier alpha value is -1.34. The molecule has 6 nitrogen and oxygen atoms in total. The van der Waals surface area contributed by atoms with Crippen molar-refractivity contribution in [2.75, 3.05) is 31.2 Å². The second-order valence-electron chi connectivity index (χ2n) is 4.64. The van der Waals surface area contributed by atoms with Gasteiger partial charge in [0, 0.05) is 19.6 Å². The molecule has 4 N–H and O–H groups in total. The van der Waals surface area contributed by atoms with Gasteiger partial charge in [0.05, 0.1) is 6.61 Å². The maximum atomic E-state index is 12.5. The number of anilines is 2. The highest BCUT2D eigenvalue weighted by atomic mass is 32.1. The Morgan fingerprint density at radius 2 is 2.26 bits per heavy atom. The minimum absolute atomic E-state index is 0.0279. The molecule has 0 bridgehead atoms. The number of aliphatic hydroxyl groups excluding tert-OH is 1. The van der Waals surface area contributed by atoms with E-state index < -0.39 is 0 Å². The molecule has 2 rings (SSSR count). The number of nitrogens with two attached hydrogens (primary N) is 1. The molecule has 0 unspecified atom stereocenters. The van der Waals surface area contributed by atoms with Crippen molar-refractivity contribution >= 4 is 28.2 Å². The predicted molar refractivity (Wildman–Crippen MR) is 76.5 cm³/mol. The smallest absolute Gasteiger partial charge is 0.268 e. The predicted octanol–water partition coefficient (Wildman–Crippen LogP) is 1.14. The van der Waals surface area contributed by atoms with Crippen LogP contribution in [0.25, 0.3) is 0 Å². The molecule has 1 aliphatic rings. The monoisotopic (exact) mass is 284 g/mol. The summed E-state index contributed by atoms with van der Waals surface area (Å²) >= 11 is 1.26. The normalized spacial score (nSPS) is 15.7. The number of rotatable bonds is 5. The van der Waals surface area contributed by atoms with E-state index in [4.69, 9.17) is 10.8 Å². The Bertz CT molecular complexity index is 443. The van der Waals surface area contributed by atoms with Gasteiger partial charge in [-0.2, -0.15) is 0 Å². The summed E-state index contributed by atoms with van der Waals surface area (Å²) in [6, 6.07) is 0.221. The highest BCUT2D eigenvalue weighted by molar-refractivity contribution is 7.18. The van der Waals surface area contributed by atoms with Crippen LogP contribution >= 0.6 is 11.3 Å². The first-order valence-electron chi connectivity index (χ1n) is 6.53. The summed E-state index contributed by atoms with van der Waals surface area (Å²) in [6.07, 6.45) is 4.28. The molecule has 1 heterocycles. The standard InChI is InChI=1S/C12H20N4O2S/c1-14-12-15-10(13)9(19-12)11(18)16(6-7-17)8-4-2-3-5-8/h8,17H,2-7,13H2,1H3,(H,14,15). The molecule has 0 aromatic carbocycles. The summed E-state index contributed by atoms with van der Waals surface area (Å²) < 4.78 is 0. The Kier molecular flexibility index (Phi) is 4.60. The zero-order valence-electron chi connectivity index (χ0n) is 11.1. The van der Waals surface area contributed by atoms with E-state index >= 15 is 0 Å². The van der Waals surface area contributed by atoms with Crippen LogP contribution in [0.1, 0.15) is 35.4 Å². The van der Waals surface area contributed by atoms with Crippen LogP contribution in [0.3, 0.4) is 0 Å². The first-order chi connectivity index (χ1) is 9.17. The molecular weight excluding hydrogens is 264 g/mol. The van der Waals surface area contributed by atoms with Gasteiger partial charge in [0.25, 0.3) is 5.91 Å². The topological polar surface area (TPSA) is 91.5 Å². The molecule has 0 spiro atoms. The Balaban J connectivity index is 2.19. The summed E-state index contributed by atoms with van der Waals surface area (Å²) in [5, 5.41) is 12.7. The third-order valence-electron chi connectivity index (χ3n) is 3.43. The number of carbonyl (C=O) groups is 1. The number of carbonyl (C=O) groups excluding carboxylic acids is 1. The number of nitrogens with one attached hydrogen (secondary N) is 1. The van der Waals surface area contributed by atoms with Gasteiger partial charge in [-0.25, -0.2) is 4.98 Å². The third kappa shape index (κ3) is 2.98. The number of aliphatic hydroxyl groups is 1. The first kappa shape index (κ1) is 14.1. The van der Waals surface area contributed by atoms with Crippen molar-refractivity contribution < 1.29 is 9.90 Å². The zero-order chi connectivity index (χ0) is 13.8. The van der Waals surface area contributed by atoms with Crippen molar-refractivity contribution in [1.82, 2.24) is 9.88 Å². The van der Waals surface area contributed by atoms with Gasteiger partial charge in [-0.15, -0.1) is 0 Å². The summed E-state index contributed by atoms with van der Waals surface area (Å²) in [5.74, 6) is 0.151. The minimum atomic E-state index is -0.113. The van der Waals surface area contributed by atoms with Gasteiger partial charge in [0.15, 0.2) is 5.13 Å². The van der Waals surface area contributed by atoms with Crippen LogP contribution in [0.4, 0.5) is 10.9 Å². The van der Waals surface area contributed by atoms with Crippen molar-refractivity contribution in [3.05, 3.63) is 4.88 Å². The summed E-state index contributed by atoms with van der Waals surface area (Å²) in [5.41, 5.74) is 5.80. The average Bonchev–Trinajstić information content (AvgIpc) is 3.04. The van der Waals surface area contributed by atoms with Crippen LogP contribution in [0.15, 0.2) is 0 Å². The average molecular weight is 284 g/mol. The van der Waals surface area contributed by atoms with Gasteiger partial charge >= 0.3 is 0 Å². The van der Waals surface area contributed by atoms with E-state index in [9.17, 15) is 4.79 Å². The number of hydrogen-bond donors (Lipinski definition) is 3. The van der Waals surface area contributed by atoms with Gasteiger partial charge in [0.1, 0.15) is 10.7 Å². The molecule has 0 radical (unpaired) electrons. The van der Waals surface area contributed by atoms with Gasteiger partial charge in [0.2, 0.25) is 0 Å². The maximum absolute atomic E-state index is 12.5. The van der Waals surface area contributed by atoms with Crippen LogP contribution < -0.4 is 11.1 Å². The number of thiazole rings is 1. The molecule has 19 heavy (non-hydrogen) atoms. The van der Waals surface area contributed by atoms with E-state index in [0.717, 1.165) is 25.7 Å². The fraction of sp³-hybridized carbons (Fsp3) is 0.667. The van der Waals surface area contributed by atoms with Crippen molar-refractivity contribution in [3.8, 4) is 0 Å². The molecule has 7 heteroatoms. The van der Waals surface area contributed by atoms with Crippen LogP contribution in [-0.4, -0.2) is 47.1 Å². The van der Waals surface area contributed by atoms with Gasteiger partial charge in [-0.1, -0.05) is 24.2 Å². The lowest BCUT2D eigenvalue weighted by atomic mass is 10.2. The van der Waals surface area contributed by atoms with Gasteiger partial charge in [-0.3, -0.25) is 4.79 Å². The third-order valence-corrected chi connectivity index (χ3v) is 4.51. The lowest BCUT2D eigenvalue weighted by Gasteiger charge is -2.27. The number of nitrogens with zero attached hydrogens (tertiary/aromatic N) is 2. The zero-order valence-corrected chi connectivity index (χ0v) is 11.9. The number of aromatic nitrogens is 1. The highest BCUT2D eigenvalue weighted by Crippen LogP contribution is 2.29. The maximum Gasteiger partial charge on any atom is 0.268 e. The molecule has 1 fully saturated rings. The molecule has 0 atom stereocenters. The Morgan fingerprint density at radius 1 is 1.58 bits per heavy atom. The van der Waals surface area contributed by atoms with E-state index in [1.807, 2.05) is 0 Å². The van der Waals surface area contributed by atoms with Gasteiger partial charge in [-0.05, 0) is 12.8 Å². The fourth-order valence-electron chi connectivity index (χ4n) is 2.50. The largest absolute Gasteiger partial charge is 0.395 e. The van der Waals surface area contributed by atoms with Crippen LogP contribution in [0.5, 0.6) is 0 Å². The van der Waals surface area contributed by atoms with E-state index in [1.54, 1.807) is 11.9 Å². The second-order valence-corrected chi connectivity index (χ2v) is 5.64. The molecular formula is C12H20N4O2S. The highest BCUT2D eigenvalue weighted by Gasteiger charge is 2.29. The number of nitrogen functional groups attached to an aromatic ring is 1. The van der Waals surface area contributed by atoms with Crippen molar-refractivity contribution in [2.45, 2.75) is 31.7 Å². The summed E-state index contributed by atoms with van der Waals surface area (Å²) in [4.78, 5) is 18.9. The lowest BCUT2D eigenvalue weighted by molar-refractivity contribution is 0.0644. The molecule has 1 aliphatic carbocycles. The van der Waals surface area contributed by atoms with E-state index in [-0.39, 0.29) is 24.4 Å². The van der Waals surface area contributed by atoms with E-state index in [1.165, 1.54) is 11.3 Å². The molecule has 106 valence electrons. The van der Waals surface area contributed by atoms with E-state index in [2.05, 4.69) is 10.3 Å². The van der Waals surface area contributed by atoms with Crippen molar-refractivity contribution in [3.63, 3.8) is 0 Å². The van der Waals surface area contributed by atoms with Crippen molar-refractivity contribution in [2.24, 2.45) is 0 Å². The second kappa shape index (κ2) is 6.21. The van der Waals surface area contributed by atoms with Crippen LogP contribution in [0.2, 0.25) is 0 Å². The minimum Gasteiger partial charge on any atom is -0.395 e. The quantitative estimate of drug-likeness (QED) is 0.754. The molecule has 1 amide bonds. The fourth-order valence-corrected chi connectivity index (χ4v) is 3.29. The Morgan fingerprint density at radius 3 is 2.79 bits per heavy atom. The van der Waals surface area contributed by atoms with E-state index in [0.29, 0.717) is 16.6 Å². The SMILES string of the molecule is CNc1nc(N)c(C(=O)N(CCO)C2CCCC2)s1.